The molecule has 0 unspecified atom stereocenters. The Kier molecular flexibility index (Phi) is 9.19. The zero-order chi connectivity index (χ0) is 23.0. The van der Waals surface area contributed by atoms with Gasteiger partial charge in [0.25, 0.3) is 0 Å². The molecule has 0 fully saturated rings. The fourth-order valence-corrected chi connectivity index (χ4v) is 3.64. The molecule has 1 aliphatic rings. The number of hydrogen-bond donors (Lipinski definition) is 1. The number of ether oxygens (including phenoxy) is 4. The lowest BCUT2D eigenvalue weighted by Gasteiger charge is -2.31. The van der Waals surface area contributed by atoms with Crippen molar-refractivity contribution in [3.8, 4) is 17.6 Å². The van der Waals surface area contributed by atoms with Gasteiger partial charge in [0.15, 0.2) is 17.4 Å². The van der Waals surface area contributed by atoms with Crippen LogP contribution in [-0.2, 0) is 19.1 Å². The molecule has 2 N–H and O–H groups in total. The van der Waals surface area contributed by atoms with Crippen molar-refractivity contribution in [1.29, 1.82) is 5.26 Å². The summed E-state index contributed by atoms with van der Waals surface area (Å²) in [6, 6.07) is 5.31. The van der Waals surface area contributed by atoms with Gasteiger partial charge in [-0.25, -0.2) is 4.79 Å². The second kappa shape index (κ2) is 11.6. The Labute approximate surface area is 190 Å². The summed E-state index contributed by atoms with van der Waals surface area (Å²) in [4.78, 5) is 25.7. The van der Waals surface area contributed by atoms with Crippen LogP contribution in [0.3, 0.4) is 0 Å². The number of nitrogens with two attached hydrogens (primary N) is 1. The van der Waals surface area contributed by atoms with Gasteiger partial charge >= 0.3 is 11.9 Å². The SMILES string of the molecule is CCCCOC(=O)C1=C(N)Oc2c(OC)cc(Br)cc2[C@@H]1[C@H](C#N)C(=O)OCCCC. The number of methoxy groups -OCH3 is 1. The van der Waals surface area contributed by atoms with Crippen LogP contribution in [-0.4, -0.2) is 32.3 Å². The summed E-state index contributed by atoms with van der Waals surface area (Å²) in [5, 5.41) is 9.88. The summed E-state index contributed by atoms with van der Waals surface area (Å²) in [5.41, 5.74) is 6.42. The van der Waals surface area contributed by atoms with E-state index in [9.17, 15) is 14.9 Å². The van der Waals surface area contributed by atoms with E-state index in [0.717, 1.165) is 12.8 Å². The Morgan fingerprint density at radius 2 is 1.87 bits per heavy atom. The summed E-state index contributed by atoms with van der Waals surface area (Å²) in [7, 11) is 1.45. The first-order valence-corrected chi connectivity index (χ1v) is 11.0. The number of hydrogen-bond acceptors (Lipinski definition) is 8. The highest BCUT2D eigenvalue weighted by atomic mass is 79.9. The van der Waals surface area contributed by atoms with Crippen LogP contribution in [0.2, 0.25) is 0 Å². The molecule has 168 valence electrons. The van der Waals surface area contributed by atoms with E-state index < -0.39 is 23.8 Å². The molecule has 1 aliphatic heterocycles. The standard InChI is InChI=1S/C22H27BrN2O6/c1-4-6-8-29-21(26)15(12-24)17-14-10-13(23)11-16(28-3)19(14)31-20(25)18(17)22(27)30-9-7-5-2/h10-11,15,17H,4-9,25H2,1-3H3/t15-,17+/m0/s1. The van der Waals surface area contributed by atoms with Crippen LogP contribution >= 0.6 is 15.9 Å². The molecule has 1 aromatic rings. The van der Waals surface area contributed by atoms with Gasteiger partial charge in [-0.3, -0.25) is 4.79 Å². The van der Waals surface area contributed by atoms with Crippen molar-refractivity contribution >= 4 is 27.9 Å². The first kappa shape index (κ1) is 24.5. The minimum atomic E-state index is -1.33. The lowest BCUT2D eigenvalue weighted by molar-refractivity contribution is -0.147. The molecule has 0 amide bonds. The van der Waals surface area contributed by atoms with Crippen molar-refractivity contribution in [3.63, 3.8) is 0 Å². The van der Waals surface area contributed by atoms with Gasteiger partial charge in [0.05, 0.1) is 32.3 Å². The van der Waals surface area contributed by atoms with Gasteiger partial charge in [0.1, 0.15) is 5.57 Å². The normalized spacial score (nSPS) is 15.9. The van der Waals surface area contributed by atoms with Crippen LogP contribution in [0.25, 0.3) is 0 Å². The molecule has 31 heavy (non-hydrogen) atoms. The summed E-state index contributed by atoms with van der Waals surface area (Å²) in [6.45, 7) is 4.29. The molecule has 0 aliphatic carbocycles. The molecule has 9 heteroatoms. The van der Waals surface area contributed by atoms with Crippen LogP contribution in [0, 0.1) is 17.2 Å². The molecule has 0 saturated heterocycles. The molecule has 2 atom stereocenters. The second-order valence-corrected chi connectivity index (χ2v) is 7.92. The highest BCUT2D eigenvalue weighted by Crippen LogP contribution is 2.48. The number of carbonyl (C=O) groups is 2. The fourth-order valence-electron chi connectivity index (χ4n) is 3.19. The third-order valence-corrected chi connectivity index (χ3v) is 5.27. The van der Waals surface area contributed by atoms with Crippen molar-refractivity contribution < 1.29 is 28.5 Å². The van der Waals surface area contributed by atoms with E-state index in [1.807, 2.05) is 19.9 Å². The molecule has 1 heterocycles. The largest absolute Gasteiger partial charge is 0.493 e. The molecular formula is C22H27BrN2O6. The van der Waals surface area contributed by atoms with Gasteiger partial charge in [-0.05, 0) is 25.0 Å². The van der Waals surface area contributed by atoms with Crippen LogP contribution in [0.15, 0.2) is 28.1 Å². The number of rotatable bonds is 10. The molecule has 0 radical (unpaired) electrons. The van der Waals surface area contributed by atoms with Crippen LogP contribution in [0.1, 0.15) is 51.0 Å². The lowest BCUT2D eigenvalue weighted by atomic mass is 9.79. The number of unbranched alkanes of at least 4 members (excludes halogenated alkanes) is 2. The second-order valence-electron chi connectivity index (χ2n) is 7.00. The van der Waals surface area contributed by atoms with Crippen LogP contribution in [0.5, 0.6) is 11.5 Å². The Bertz CT molecular complexity index is 893. The molecule has 8 nitrogen and oxygen atoms in total. The van der Waals surface area contributed by atoms with Gasteiger partial charge in [-0.2, -0.15) is 5.26 Å². The number of nitriles is 1. The third-order valence-electron chi connectivity index (χ3n) is 4.81. The smallest absolute Gasteiger partial charge is 0.340 e. The predicted molar refractivity (Wildman–Crippen MR) is 116 cm³/mol. The number of benzene rings is 1. The zero-order valence-electron chi connectivity index (χ0n) is 17.9. The van der Waals surface area contributed by atoms with Crippen LogP contribution in [0.4, 0.5) is 0 Å². The van der Waals surface area contributed by atoms with E-state index in [0.29, 0.717) is 28.6 Å². The van der Waals surface area contributed by atoms with E-state index in [1.54, 1.807) is 12.1 Å². The molecule has 0 spiro atoms. The van der Waals surface area contributed by atoms with Gasteiger partial charge in [0, 0.05) is 10.0 Å². The number of fused-ring (bicyclic) bond motifs is 1. The van der Waals surface area contributed by atoms with Gasteiger partial charge < -0.3 is 24.7 Å². The molecule has 1 aromatic carbocycles. The maximum absolute atomic E-state index is 12.9. The summed E-state index contributed by atoms with van der Waals surface area (Å²) in [5.74, 6) is -3.50. The van der Waals surface area contributed by atoms with E-state index in [1.165, 1.54) is 7.11 Å². The molecule has 0 saturated carbocycles. The molecule has 0 aromatic heterocycles. The molecular weight excluding hydrogens is 468 g/mol. The number of nitrogens with zero attached hydrogens (tertiary/aromatic N) is 1. The third kappa shape index (κ3) is 5.70. The van der Waals surface area contributed by atoms with Crippen molar-refractivity contribution in [3.05, 3.63) is 33.6 Å². The maximum atomic E-state index is 12.9. The van der Waals surface area contributed by atoms with E-state index in [-0.39, 0.29) is 30.4 Å². The van der Waals surface area contributed by atoms with Gasteiger partial charge in [0.2, 0.25) is 5.88 Å². The topological polar surface area (TPSA) is 121 Å². The monoisotopic (exact) mass is 494 g/mol. The average molecular weight is 495 g/mol. The molecule has 0 bridgehead atoms. The summed E-state index contributed by atoms with van der Waals surface area (Å²) < 4.78 is 22.3. The number of carbonyl (C=O) groups excluding carboxylic acids is 2. The first-order valence-electron chi connectivity index (χ1n) is 10.2. The minimum Gasteiger partial charge on any atom is -0.493 e. The van der Waals surface area contributed by atoms with Crippen molar-refractivity contribution in [2.45, 2.75) is 45.4 Å². The Hall–Kier alpha value is -2.73. The Balaban J connectivity index is 2.56. The highest BCUT2D eigenvalue weighted by molar-refractivity contribution is 9.10. The van der Waals surface area contributed by atoms with Crippen molar-refractivity contribution in [1.82, 2.24) is 0 Å². The van der Waals surface area contributed by atoms with Crippen LogP contribution < -0.4 is 15.2 Å². The summed E-state index contributed by atoms with van der Waals surface area (Å²) in [6.07, 6.45) is 2.99. The lowest BCUT2D eigenvalue weighted by Crippen LogP contribution is -2.34. The predicted octanol–water partition coefficient (Wildman–Crippen LogP) is 3.93. The highest BCUT2D eigenvalue weighted by Gasteiger charge is 2.44. The van der Waals surface area contributed by atoms with Crippen molar-refractivity contribution in [2.75, 3.05) is 20.3 Å². The van der Waals surface area contributed by atoms with E-state index in [4.69, 9.17) is 24.7 Å². The number of esters is 2. The van der Waals surface area contributed by atoms with E-state index in [2.05, 4.69) is 15.9 Å². The minimum absolute atomic E-state index is 0.0808. The van der Waals surface area contributed by atoms with Gasteiger partial charge in [-0.1, -0.05) is 42.6 Å². The average Bonchev–Trinajstić information content (AvgIpc) is 2.74. The first-order chi connectivity index (χ1) is 14.9. The van der Waals surface area contributed by atoms with Gasteiger partial charge in [-0.15, -0.1) is 0 Å². The Morgan fingerprint density at radius 1 is 1.23 bits per heavy atom. The Morgan fingerprint density at radius 3 is 2.45 bits per heavy atom. The molecule has 2 rings (SSSR count). The number of halogens is 1. The quantitative estimate of drug-likeness (QED) is 0.383. The zero-order valence-corrected chi connectivity index (χ0v) is 19.5. The van der Waals surface area contributed by atoms with Crippen molar-refractivity contribution in [2.24, 2.45) is 11.7 Å². The fraction of sp³-hybridized carbons (Fsp3) is 0.500. The summed E-state index contributed by atoms with van der Waals surface area (Å²) >= 11 is 3.39. The van der Waals surface area contributed by atoms with E-state index >= 15 is 0 Å². The maximum Gasteiger partial charge on any atom is 0.340 e.